The summed E-state index contributed by atoms with van der Waals surface area (Å²) in [5, 5.41) is 5.94. The smallest absolute Gasteiger partial charge is 0.221 e. The van der Waals surface area contributed by atoms with Gasteiger partial charge in [-0.25, -0.2) is 4.39 Å². The zero-order valence-electron chi connectivity index (χ0n) is 12.3. The molecule has 1 rings (SSSR count). The molecule has 0 saturated heterocycles. The Morgan fingerprint density at radius 1 is 1.45 bits per heavy atom. The third-order valence-electron chi connectivity index (χ3n) is 3.13. The largest absolute Gasteiger partial charge is 0.494 e. The zero-order valence-corrected chi connectivity index (χ0v) is 12.3. The van der Waals surface area contributed by atoms with E-state index in [-0.39, 0.29) is 23.5 Å². The lowest BCUT2D eigenvalue weighted by molar-refractivity contribution is -0.121. The molecule has 0 aliphatic heterocycles. The minimum absolute atomic E-state index is 0.0120. The molecule has 1 unspecified atom stereocenters. The highest BCUT2D eigenvalue weighted by molar-refractivity contribution is 5.76. The molecule has 0 spiro atoms. The molecule has 0 radical (unpaired) electrons. The highest BCUT2D eigenvalue weighted by atomic mass is 19.1. The molecule has 0 aromatic heterocycles. The van der Waals surface area contributed by atoms with Crippen LogP contribution in [0.25, 0.3) is 0 Å². The van der Waals surface area contributed by atoms with Gasteiger partial charge < -0.3 is 15.4 Å². The van der Waals surface area contributed by atoms with Gasteiger partial charge in [0, 0.05) is 31.1 Å². The molecule has 1 amide bonds. The van der Waals surface area contributed by atoms with Gasteiger partial charge in [-0.15, -0.1) is 0 Å². The zero-order chi connectivity index (χ0) is 15.0. The van der Waals surface area contributed by atoms with Crippen molar-refractivity contribution in [2.24, 2.45) is 0 Å². The fourth-order valence-corrected chi connectivity index (χ4v) is 1.72. The van der Waals surface area contributed by atoms with Gasteiger partial charge in [0.2, 0.25) is 5.91 Å². The van der Waals surface area contributed by atoms with E-state index in [4.69, 9.17) is 4.74 Å². The van der Waals surface area contributed by atoms with Crippen molar-refractivity contribution in [1.29, 1.82) is 0 Å². The second kappa shape index (κ2) is 8.53. The number of hydrogen-bond donors (Lipinski definition) is 2. The minimum atomic E-state index is -0.355. The van der Waals surface area contributed by atoms with Crippen molar-refractivity contribution < 1.29 is 13.9 Å². The summed E-state index contributed by atoms with van der Waals surface area (Å²) in [5.41, 5.74) is 0.534. The van der Waals surface area contributed by atoms with Gasteiger partial charge in [-0.05, 0) is 19.4 Å². The Hall–Kier alpha value is -1.62. The fourth-order valence-electron chi connectivity index (χ4n) is 1.72. The van der Waals surface area contributed by atoms with E-state index in [9.17, 15) is 9.18 Å². The van der Waals surface area contributed by atoms with Crippen molar-refractivity contribution in [3.05, 3.63) is 29.6 Å². The summed E-state index contributed by atoms with van der Waals surface area (Å²) in [6.45, 7) is 4.88. The minimum Gasteiger partial charge on any atom is -0.494 e. The molecule has 1 aromatic rings. The van der Waals surface area contributed by atoms with E-state index in [1.807, 2.05) is 13.8 Å². The first-order chi connectivity index (χ1) is 9.58. The number of rotatable bonds is 8. The number of methoxy groups -OCH3 is 1. The Labute approximate surface area is 119 Å². The molecule has 0 bridgehead atoms. The number of halogens is 1. The summed E-state index contributed by atoms with van der Waals surface area (Å²) in [7, 11) is 1.44. The van der Waals surface area contributed by atoms with Gasteiger partial charge in [0.25, 0.3) is 0 Å². The van der Waals surface area contributed by atoms with Gasteiger partial charge in [0.15, 0.2) is 11.6 Å². The highest BCUT2D eigenvalue weighted by Crippen LogP contribution is 2.19. The molecule has 5 heteroatoms. The lowest BCUT2D eigenvalue weighted by atomic mass is 10.2. The molecule has 112 valence electrons. The van der Waals surface area contributed by atoms with Gasteiger partial charge >= 0.3 is 0 Å². The molecular weight excluding hydrogens is 259 g/mol. The van der Waals surface area contributed by atoms with Crippen molar-refractivity contribution in [3.8, 4) is 5.75 Å². The average Bonchev–Trinajstić information content (AvgIpc) is 2.44. The van der Waals surface area contributed by atoms with Crippen LogP contribution in [-0.2, 0) is 11.3 Å². The Morgan fingerprint density at radius 3 is 2.85 bits per heavy atom. The van der Waals surface area contributed by atoms with Crippen LogP contribution in [-0.4, -0.2) is 25.6 Å². The third kappa shape index (κ3) is 5.17. The van der Waals surface area contributed by atoms with Gasteiger partial charge in [0.1, 0.15) is 0 Å². The molecule has 0 heterocycles. The third-order valence-corrected chi connectivity index (χ3v) is 3.13. The van der Waals surface area contributed by atoms with Crippen LogP contribution >= 0.6 is 0 Å². The normalized spacial score (nSPS) is 12.0. The van der Waals surface area contributed by atoms with E-state index in [0.717, 1.165) is 6.42 Å². The van der Waals surface area contributed by atoms with Crippen LogP contribution in [0.15, 0.2) is 18.2 Å². The topological polar surface area (TPSA) is 50.4 Å². The van der Waals surface area contributed by atoms with E-state index < -0.39 is 0 Å². The number of benzene rings is 1. The Balaban J connectivity index is 2.33. The summed E-state index contributed by atoms with van der Waals surface area (Å²) in [6.07, 6.45) is 1.30. The quantitative estimate of drug-likeness (QED) is 0.719. The number of ether oxygens (including phenoxy) is 1. The van der Waals surface area contributed by atoms with Gasteiger partial charge in [-0.1, -0.05) is 19.1 Å². The second-order valence-electron chi connectivity index (χ2n) is 4.74. The lowest BCUT2D eigenvalue weighted by Gasteiger charge is -2.12. The van der Waals surface area contributed by atoms with Gasteiger partial charge in [0.05, 0.1) is 7.11 Å². The molecular formula is C15H23FN2O2. The summed E-state index contributed by atoms with van der Waals surface area (Å²) in [6, 6.07) is 5.22. The number of hydrogen-bond acceptors (Lipinski definition) is 3. The molecule has 0 aliphatic rings. The van der Waals surface area contributed by atoms with Gasteiger partial charge in [-0.2, -0.15) is 0 Å². The SMILES string of the molecule is CCC(C)NC(=O)CCNCc1cccc(OC)c1F. The average molecular weight is 282 g/mol. The Kier molecular flexibility index (Phi) is 7.01. The standard InChI is InChI=1S/C15H23FN2O2/c1-4-11(2)18-14(19)8-9-17-10-12-6-5-7-13(20-3)15(12)16/h5-7,11,17H,4,8-10H2,1-3H3,(H,18,19). The number of amides is 1. The predicted octanol–water partition coefficient (Wildman–Crippen LogP) is 2.23. The molecule has 0 aliphatic carbocycles. The van der Waals surface area contributed by atoms with Crippen molar-refractivity contribution in [2.45, 2.75) is 39.3 Å². The Bertz CT molecular complexity index is 438. The summed E-state index contributed by atoms with van der Waals surface area (Å²) in [4.78, 5) is 11.5. The first kappa shape index (κ1) is 16.4. The predicted molar refractivity (Wildman–Crippen MR) is 77.2 cm³/mol. The molecule has 1 atom stereocenters. The van der Waals surface area contributed by atoms with Crippen LogP contribution in [0, 0.1) is 5.82 Å². The van der Waals surface area contributed by atoms with Crippen LogP contribution in [0.2, 0.25) is 0 Å². The van der Waals surface area contributed by atoms with E-state index in [0.29, 0.717) is 25.1 Å². The molecule has 20 heavy (non-hydrogen) atoms. The number of carbonyl (C=O) groups excluding carboxylic acids is 1. The summed E-state index contributed by atoms with van der Waals surface area (Å²) >= 11 is 0. The summed E-state index contributed by atoms with van der Waals surface area (Å²) < 4.78 is 18.8. The first-order valence-corrected chi connectivity index (χ1v) is 6.90. The molecule has 0 saturated carbocycles. The molecule has 1 aromatic carbocycles. The highest BCUT2D eigenvalue weighted by Gasteiger charge is 2.08. The van der Waals surface area contributed by atoms with Crippen molar-refractivity contribution in [2.75, 3.05) is 13.7 Å². The van der Waals surface area contributed by atoms with E-state index >= 15 is 0 Å². The van der Waals surface area contributed by atoms with Crippen molar-refractivity contribution >= 4 is 5.91 Å². The maximum atomic E-state index is 13.8. The van der Waals surface area contributed by atoms with Crippen LogP contribution in [0.1, 0.15) is 32.3 Å². The fraction of sp³-hybridized carbons (Fsp3) is 0.533. The number of carbonyl (C=O) groups is 1. The van der Waals surface area contributed by atoms with Gasteiger partial charge in [-0.3, -0.25) is 4.79 Å². The van der Waals surface area contributed by atoms with Crippen molar-refractivity contribution in [3.63, 3.8) is 0 Å². The van der Waals surface area contributed by atoms with Crippen LogP contribution in [0.4, 0.5) is 4.39 Å². The monoisotopic (exact) mass is 282 g/mol. The van der Waals surface area contributed by atoms with E-state index in [1.54, 1.807) is 18.2 Å². The Morgan fingerprint density at radius 2 is 2.20 bits per heavy atom. The first-order valence-electron chi connectivity index (χ1n) is 6.90. The van der Waals surface area contributed by atoms with Crippen molar-refractivity contribution in [1.82, 2.24) is 10.6 Å². The second-order valence-corrected chi connectivity index (χ2v) is 4.74. The number of nitrogens with one attached hydrogen (secondary N) is 2. The van der Waals surface area contributed by atoms with E-state index in [2.05, 4.69) is 10.6 Å². The molecule has 4 nitrogen and oxygen atoms in total. The van der Waals surface area contributed by atoms with E-state index in [1.165, 1.54) is 7.11 Å². The maximum Gasteiger partial charge on any atom is 0.221 e. The summed E-state index contributed by atoms with van der Waals surface area (Å²) in [5.74, 6) is -0.108. The lowest BCUT2D eigenvalue weighted by Crippen LogP contribution is -2.33. The van der Waals surface area contributed by atoms with Crippen LogP contribution in [0.5, 0.6) is 5.75 Å². The van der Waals surface area contributed by atoms with Crippen LogP contribution < -0.4 is 15.4 Å². The molecule has 2 N–H and O–H groups in total. The maximum absolute atomic E-state index is 13.8. The molecule has 0 fully saturated rings. The van der Waals surface area contributed by atoms with Crippen LogP contribution in [0.3, 0.4) is 0 Å².